The number of para-hydroxylation sites is 1. The molecule has 2 rings (SSSR count). The molecule has 0 atom stereocenters. The van der Waals surface area contributed by atoms with E-state index < -0.39 is 0 Å². The zero-order valence-corrected chi connectivity index (χ0v) is 17.7. The van der Waals surface area contributed by atoms with Gasteiger partial charge in [-0.25, -0.2) is 0 Å². The summed E-state index contributed by atoms with van der Waals surface area (Å²) in [6.45, 7) is 2.09. The highest BCUT2D eigenvalue weighted by molar-refractivity contribution is 5.95. The summed E-state index contributed by atoms with van der Waals surface area (Å²) in [4.78, 5) is 24.8. The summed E-state index contributed by atoms with van der Waals surface area (Å²) in [6.07, 6.45) is 5.06. The van der Waals surface area contributed by atoms with Crippen LogP contribution >= 0.6 is 0 Å². The molecule has 0 fully saturated rings. The van der Waals surface area contributed by atoms with Gasteiger partial charge >= 0.3 is 0 Å². The van der Waals surface area contributed by atoms with Crippen molar-refractivity contribution in [2.75, 3.05) is 26.5 Å². The molecule has 0 saturated heterocycles. The first-order chi connectivity index (χ1) is 13.5. The zero-order valence-electron chi connectivity index (χ0n) is 17.7. The molecular formula is C24H34N2O2. The van der Waals surface area contributed by atoms with Crippen LogP contribution in [0.4, 0.5) is 5.69 Å². The summed E-state index contributed by atoms with van der Waals surface area (Å²) in [6, 6.07) is 17.6. The molecule has 152 valence electrons. The minimum atomic E-state index is 0.181. The molecule has 0 aliphatic heterocycles. The second-order valence-corrected chi connectivity index (χ2v) is 7.06. The highest BCUT2D eigenvalue weighted by Gasteiger charge is 2.05. The van der Waals surface area contributed by atoms with Gasteiger partial charge in [-0.2, -0.15) is 0 Å². The van der Waals surface area contributed by atoms with E-state index in [0.717, 1.165) is 31.2 Å². The van der Waals surface area contributed by atoms with E-state index in [9.17, 15) is 9.59 Å². The summed E-state index contributed by atoms with van der Waals surface area (Å²) >= 11 is 0. The van der Waals surface area contributed by atoms with E-state index in [0.29, 0.717) is 12.8 Å². The Labute approximate surface area is 170 Å². The largest absolute Gasteiger partial charge is 0.388 e. The highest BCUT2D eigenvalue weighted by Crippen LogP contribution is 2.11. The first kappa shape index (κ1) is 23.4. The molecule has 0 aliphatic carbocycles. The molecule has 28 heavy (non-hydrogen) atoms. The molecule has 0 saturated carbocycles. The number of nitrogens with zero attached hydrogens (tertiary/aromatic N) is 1. The molecule has 0 radical (unpaired) electrons. The molecule has 0 aliphatic rings. The van der Waals surface area contributed by atoms with E-state index in [1.54, 1.807) is 19.0 Å². The fourth-order valence-electron chi connectivity index (χ4n) is 2.76. The Kier molecular flexibility index (Phi) is 11.3. The minimum Gasteiger partial charge on any atom is -0.388 e. The Morgan fingerprint density at radius 1 is 0.821 bits per heavy atom. The summed E-state index contributed by atoms with van der Waals surface area (Å²) in [5, 5.41) is 3.10. The van der Waals surface area contributed by atoms with Crippen molar-refractivity contribution in [3.63, 3.8) is 0 Å². The number of Topliss-reactive ketones (excluding diaryl/α,β-unsaturated/α-hetero) is 1. The minimum absolute atomic E-state index is 0.181. The van der Waals surface area contributed by atoms with Crippen LogP contribution in [0.3, 0.4) is 0 Å². The lowest BCUT2D eigenvalue weighted by atomic mass is 10.0. The summed E-state index contributed by atoms with van der Waals surface area (Å²) in [7, 11) is 5.49. The molecule has 0 bridgehead atoms. The predicted molar refractivity (Wildman–Crippen MR) is 118 cm³/mol. The van der Waals surface area contributed by atoms with Gasteiger partial charge in [0.25, 0.3) is 0 Å². The SMILES string of the molecule is CN(C)C(=O)CCCCCCC(=O)c1ccccc1.CNc1ccccc1C. The number of amides is 1. The van der Waals surface area contributed by atoms with Crippen molar-refractivity contribution in [1.29, 1.82) is 0 Å². The molecular weight excluding hydrogens is 348 g/mol. The molecule has 4 nitrogen and oxygen atoms in total. The van der Waals surface area contributed by atoms with Gasteiger partial charge in [-0.05, 0) is 31.4 Å². The molecule has 1 N–H and O–H groups in total. The van der Waals surface area contributed by atoms with Gasteiger partial charge in [0.1, 0.15) is 0 Å². The van der Waals surface area contributed by atoms with Crippen molar-refractivity contribution >= 4 is 17.4 Å². The number of benzene rings is 2. The molecule has 2 aromatic rings. The van der Waals surface area contributed by atoms with Crippen molar-refractivity contribution in [3.05, 3.63) is 65.7 Å². The average molecular weight is 383 g/mol. The van der Waals surface area contributed by atoms with Gasteiger partial charge in [-0.15, -0.1) is 0 Å². The van der Waals surface area contributed by atoms with Crippen molar-refractivity contribution in [2.45, 2.75) is 45.4 Å². The summed E-state index contributed by atoms with van der Waals surface area (Å²) in [5.41, 5.74) is 3.29. The lowest BCUT2D eigenvalue weighted by Crippen LogP contribution is -2.20. The Balaban J connectivity index is 0.000000362. The van der Waals surface area contributed by atoms with Crippen LogP contribution in [-0.4, -0.2) is 37.7 Å². The summed E-state index contributed by atoms with van der Waals surface area (Å²) in [5.74, 6) is 0.394. The number of aryl methyl sites for hydroxylation is 1. The lowest BCUT2D eigenvalue weighted by molar-refractivity contribution is -0.128. The monoisotopic (exact) mass is 382 g/mol. The number of carbonyl (C=O) groups is 2. The second-order valence-electron chi connectivity index (χ2n) is 7.06. The molecule has 1 amide bonds. The van der Waals surface area contributed by atoms with Gasteiger partial charge in [0.2, 0.25) is 5.91 Å². The van der Waals surface area contributed by atoms with Crippen LogP contribution in [0.5, 0.6) is 0 Å². The van der Waals surface area contributed by atoms with E-state index in [1.165, 1.54) is 11.3 Å². The van der Waals surface area contributed by atoms with Gasteiger partial charge < -0.3 is 10.2 Å². The van der Waals surface area contributed by atoms with Gasteiger partial charge in [-0.3, -0.25) is 9.59 Å². The van der Waals surface area contributed by atoms with Crippen molar-refractivity contribution < 1.29 is 9.59 Å². The Morgan fingerprint density at radius 3 is 1.93 bits per heavy atom. The third kappa shape index (κ3) is 9.36. The Hall–Kier alpha value is -2.62. The van der Waals surface area contributed by atoms with E-state index >= 15 is 0 Å². The Morgan fingerprint density at radius 2 is 1.39 bits per heavy atom. The number of hydrogen-bond acceptors (Lipinski definition) is 3. The van der Waals surface area contributed by atoms with Crippen molar-refractivity contribution in [2.24, 2.45) is 0 Å². The highest BCUT2D eigenvalue weighted by atomic mass is 16.2. The van der Waals surface area contributed by atoms with E-state index in [-0.39, 0.29) is 11.7 Å². The number of hydrogen-bond donors (Lipinski definition) is 1. The zero-order chi connectivity index (χ0) is 20.8. The van der Waals surface area contributed by atoms with Crippen LogP contribution in [0, 0.1) is 6.92 Å². The van der Waals surface area contributed by atoms with Crippen LogP contribution in [-0.2, 0) is 4.79 Å². The molecule has 0 spiro atoms. The first-order valence-electron chi connectivity index (χ1n) is 9.97. The van der Waals surface area contributed by atoms with Gasteiger partial charge in [0.05, 0.1) is 0 Å². The van der Waals surface area contributed by atoms with Crippen LogP contribution in [0.1, 0.15) is 54.4 Å². The standard InChI is InChI=1S/C16H23NO2.C8H11N/c1-17(2)16(19)13-9-4-3-8-12-15(18)14-10-6-5-7-11-14;1-7-5-3-4-6-8(7)9-2/h5-7,10-11H,3-4,8-9,12-13H2,1-2H3;3-6,9H,1-2H3. The van der Waals surface area contributed by atoms with Crippen LogP contribution in [0.15, 0.2) is 54.6 Å². The Bertz CT molecular complexity index is 712. The number of rotatable bonds is 9. The third-order valence-electron chi connectivity index (χ3n) is 4.55. The quantitative estimate of drug-likeness (QED) is 0.471. The number of ketones is 1. The number of nitrogens with one attached hydrogen (secondary N) is 1. The fraction of sp³-hybridized carbons (Fsp3) is 0.417. The third-order valence-corrected chi connectivity index (χ3v) is 4.55. The maximum absolute atomic E-state index is 11.8. The van der Waals surface area contributed by atoms with E-state index in [4.69, 9.17) is 0 Å². The van der Waals surface area contributed by atoms with Crippen molar-refractivity contribution in [3.8, 4) is 0 Å². The molecule has 0 heterocycles. The predicted octanol–water partition coefficient (Wildman–Crippen LogP) is 5.33. The molecule has 4 heteroatoms. The topological polar surface area (TPSA) is 49.4 Å². The first-order valence-corrected chi connectivity index (χ1v) is 9.97. The number of unbranched alkanes of at least 4 members (excludes halogenated alkanes) is 3. The van der Waals surface area contributed by atoms with Crippen LogP contribution in [0.25, 0.3) is 0 Å². The normalized spacial score (nSPS) is 9.86. The van der Waals surface area contributed by atoms with Crippen LogP contribution in [0.2, 0.25) is 0 Å². The van der Waals surface area contributed by atoms with Gasteiger partial charge in [0.15, 0.2) is 5.78 Å². The van der Waals surface area contributed by atoms with Gasteiger partial charge in [-0.1, -0.05) is 61.4 Å². The molecule has 2 aromatic carbocycles. The number of anilines is 1. The lowest BCUT2D eigenvalue weighted by Gasteiger charge is -2.09. The second kappa shape index (κ2) is 13.5. The molecule has 0 unspecified atom stereocenters. The molecule has 0 aromatic heterocycles. The number of carbonyl (C=O) groups excluding carboxylic acids is 2. The van der Waals surface area contributed by atoms with Gasteiger partial charge in [0, 0.05) is 45.2 Å². The maximum atomic E-state index is 11.8. The smallest absolute Gasteiger partial charge is 0.222 e. The fourth-order valence-corrected chi connectivity index (χ4v) is 2.76. The summed E-state index contributed by atoms with van der Waals surface area (Å²) < 4.78 is 0. The average Bonchev–Trinajstić information content (AvgIpc) is 2.71. The van der Waals surface area contributed by atoms with Crippen molar-refractivity contribution in [1.82, 2.24) is 4.90 Å². The van der Waals surface area contributed by atoms with E-state index in [1.807, 2.05) is 49.5 Å². The van der Waals surface area contributed by atoms with E-state index in [2.05, 4.69) is 24.4 Å². The van der Waals surface area contributed by atoms with Crippen LogP contribution < -0.4 is 5.32 Å². The maximum Gasteiger partial charge on any atom is 0.222 e.